The van der Waals surface area contributed by atoms with Gasteiger partial charge in [-0.05, 0) is 85.6 Å². The summed E-state index contributed by atoms with van der Waals surface area (Å²) in [7, 11) is 0. The highest BCUT2D eigenvalue weighted by Gasteiger charge is 2.29. The van der Waals surface area contributed by atoms with Gasteiger partial charge in [-0.15, -0.1) is 0 Å². The Morgan fingerprint density at radius 1 is 0.562 bits per heavy atom. The first kappa shape index (κ1) is 20.5. The zero-order chi connectivity index (χ0) is 22.7. The first-order valence-electron chi connectivity index (χ1n) is 10.7. The normalized spacial score (nSPS) is 15.7. The van der Waals surface area contributed by atoms with Gasteiger partial charge in [0.1, 0.15) is 11.6 Å². The Hall–Kier alpha value is -3.40. The van der Waals surface area contributed by atoms with Crippen LogP contribution < -0.4 is 0 Å². The molecule has 5 rings (SSSR count). The third-order valence-corrected chi connectivity index (χ3v) is 6.61. The number of benzene rings is 2. The number of hydrogen-bond donors (Lipinski definition) is 0. The van der Waals surface area contributed by atoms with Gasteiger partial charge in [0, 0.05) is 22.0 Å². The van der Waals surface area contributed by atoms with E-state index in [1.54, 1.807) is 0 Å². The maximum atomic E-state index is 14.8. The minimum atomic E-state index is -0.633. The molecule has 0 unspecified atom stereocenters. The second-order valence-electron chi connectivity index (χ2n) is 9.52. The second kappa shape index (κ2) is 7.06. The minimum Gasteiger partial charge on any atom is -0.252 e. The third kappa shape index (κ3) is 3.31. The van der Waals surface area contributed by atoms with Gasteiger partial charge >= 0.3 is 0 Å². The molecule has 2 aromatic heterocycles. The predicted molar refractivity (Wildman–Crippen MR) is 124 cm³/mol. The van der Waals surface area contributed by atoms with Crippen molar-refractivity contribution in [1.82, 2.24) is 9.97 Å². The van der Waals surface area contributed by atoms with Gasteiger partial charge in [0.2, 0.25) is 0 Å². The van der Waals surface area contributed by atoms with Crippen molar-refractivity contribution in [3.63, 3.8) is 0 Å². The molecule has 32 heavy (non-hydrogen) atoms. The number of nitrogens with zero attached hydrogens (tertiary/aromatic N) is 2. The average Bonchev–Trinajstić information content (AvgIpc) is 2.78. The fraction of sp³-hybridized carbons (Fsp3) is 0.214. The molecule has 0 aliphatic carbocycles. The van der Waals surface area contributed by atoms with Crippen molar-refractivity contribution in [3.05, 3.63) is 107 Å². The lowest BCUT2D eigenvalue weighted by Crippen LogP contribution is -2.23. The molecule has 0 amide bonds. The number of halogens is 2. The van der Waals surface area contributed by atoms with E-state index < -0.39 is 10.8 Å². The van der Waals surface area contributed by atoms with E-state index in [1.165, 1.54) is 24.3 Å². The Morgan fingerprint density at radius 3 is 1.44 bits per heavy atom. The molecule has 4 heteroatoms. The molecule has 4 aromatic rings. The summed E-state index contributed by atoms with van der Waals surface area (Å²) in [6.45, 7) is 8.09. The van der Waals surface area contributed by atoms with Gasteiger partial charge in [-0.1, -0.05) is 26.0 Å². The third-order valence-electron chi connectivity index (χ3n) is 6.61. The first-order valence-corrected chi connectivity index (χ1v) is 10.7. The zero-order valence-corrected chi connectivity index (χ0v) is 18.6. The Balaban J connectivity index is 1.89. The van der Waals surface area contributed by atoms with E-state index in [4.69, 9.17) is 9.97 Å². The van der Waals surface area contributed by atoms with Gasteiger partial charge in [-0.3, -0.25) is 9.97 Å². The molecule has 2 nitrogen and oxygen atoms in total. The highest BCUT2D eigenvalue weighted by Crippen LogP contribution is 2.38. The van der Waals surface area contributed by atoms with E-state index >= 15 is 0 Å². The summed E-state index contributed by atoms with van der Waals surface area (Å²) in [5.74, 6) is -0.680. The summed E-state index contributed by atoms with van der Waals surface area (Å²) >= 11 is 0. The largest absolute Gasteiger partial charge is 0.252 e. The van der Waals surface area contributed by atoms with Crippen molar-refractivity contribution in [3.8, 4) is 22.5 Å². The molecule has 160 valence electrons. The smallest absolute Gasteiger partial charge is 0.124 e. The Kier molecular flexibility index (Phi) is 4.52. The molecule has 1 aliphatic rings. The van der Waals surface area contributed by atoms with E-state index in [0.717, 1.165) is 22.5 Å². The van der Waals surface area contributed by atoms with Crippen LogP contribution in [0.1, 0.15) is 50.2 Å². The molecule has 1 aliphatic heterocycles. The van der Waals surface area contributed by atoms with Crippen LogP contribution in [0.5, 0.6) is 0 Å². The minimum absolute atomic E-state index is 0.340. The average molecular weight is 427 g/mol. The van der Waals surface area contributed by atoms with E-state index in [1.807, 2.05) is 62.4 Å². The van der Waals surface area contributed by atoms with E-state index in [0.29, 0.717) is 22.5 Å². The molecule has 0 spiro atoms. The number of rotatable bonds is 0. The van der Waals surface area contributed by atoms with E-state index in [2.05, 4.69) is 13.8 Å². The standard InChI is InChI=1S/C28H24F2N2/c1-27(2)19-11-17(13-21(29)15-19)23-7-5-9-25(31-23)28(3,4)26-10-6-8-24(32-26)18-12-20(27)16-22(30)14-18/h5-16H,1-4H3. The summed E-state index contributed by atoms with van der Waals surface area (Å²) in [6, 6.07) is 21.6. The van der Waals surface area contributed by atoms with Crippen molar-refractivity contribution in [2.75, 3.05) is 0 Å². The first-order chi connectivity index (χ1) is 15.1. The number of pyridine rings is 2. The van der Waals surface area contributed by atoms with Crippen LogP contribution in [0.25, 0.3) is 22.5 Å². The van der Waals surface area contributed by atoms with Gasteiger partial charge in [-0.25, -0.2) is 8.78 Å². The van der Waals surface area contributed by atoms with Gasteiger partial charge in [0.05, 0.1) is 22.8 Å². The topological polar surface area (TPSA) is 25.8 Å². The molecule has 0 atom stereocenters. The maximum absolute atomic E-state index is 14.8. The van der Waals surface area contributed by atoms with Crippen LogP contribution in [0.3, 0.4) is 0 Å². The summed E-state index contributed by atoms with van der Waals surface area (Å²) in [5, 5.41) is 0. The van der Waals surface area contributed by atoms with Crippen molar-refractivity contribution in [1.29, 1.82) is 0 Å². The van der Waals surface area contributed by atoms with Gasteiger partial charge in [0.15, 0.2) is 0 Å². The summed E-state index contributed by atoms with van der Waals surface area (Å²) in [6.07, 6.45) is 0. The highest BCUT2D eigenvalue weighted by atomic mass is 19.1. The van der Waals surface area contributed by atoms with Crippen molar-refractivity contribution in [2.24, 2.45) is 0 Å². The fourth-order valence-electron chi connectivity index (χ4n) is 4.38. The fourth-order valence-corrected chi connectivity index (χ4v) is 4.38. The van der Waals surface area contributed by atoms with Crippen LogP contribution in [0, 0.1) is 11.6 Å². The molecule has 3 heterocycles. The summed E-state index contributed by atoms with van der Waals surface area (Å²) in [4.78, 5) is 9.81. The lowest BCUT2D eigenvalue weighted by molar-refractivity contribution is 0.587. The summed E-state index contributed by atoms with van der Waals surface area (Å²) < 4.78 is 29.6. The molecule has 0 saturated carbocycles. The quantitative estimate of drug-likeness (QED) is 0.301. The monoisotopic (exact) mass is 426 g/mol. The van der Waals surface area contributed by atoms with Crippen LogP contribution in [0.15, 0.2) is 72.8 Å². The SMILES string of the molecule is CC1(C)c2cc(F)cc(c2)-c2cccc(n2)C(C)(C)c2cccc(n2)-c2cc(F)cc1c2. The predicted octanol–water partition coefficient (Wildman–Crippen LogP) is 7.05. The number of aromatic nitrogens is 2. The highest BCUT2D eigenvalue weighted by molar-refractivity contribution is 5.65. The molecule has 0 N–H and O–H groups in total. The Morgan fingerprint density at radius 2 is 1.00 bits per heavy atom. The molecular formula is C28H24F2N2. The van der Waals surface area contributed by atoms with Crippen LogP contribution >= 0.6 is 0 Å². The summed E-state index contributed by atoms with van der Waals surface area (Å²) in [5.41, 5.74) is 4.84. The number of fused-ring (bicyclic) bond motifs is 10. The van der Waals surface area contributed by atoms with Gasteiger partial charge in [0.25, 0.3) is 0 Å². The van der Waals surface area contributed by atoms with Crippen LogP contribution in [0.2, 0.25) is 0 Å². The van der Waals surface area contributed by atoms with Crippen LogP contribution in [-0.2, 0) is 10.8 Å². The lowest BCUT2D eigenvalue weighted by Gasteiger charge is -2.28. The molecule has 2 aromatic carbocycles. The van der Waals surface area contributed by atoms with E-state index in [-0.39, 0.29) is 11.6 Å². The molecule has 8 bridgehead atoms. The van der Waals surface area contributed by atoms with E-state index in [9.17, 15) is 8.78 Å². The number of hydrogen-bond acceptors (Lipinski definition) is 2. The van der Waals surface area contributed by atoms with Crippen LogP contribution in [0.4, 0.5) is 8.78 Å². The van der Waals surface area contributed by atoms with Crippen LogP contribution in [-0.4, -0.2) is 9.97 Å². The molecule has 0 fully saturated rings. The molecule has 0 radical (unpaired) electrons. The zero-order valence-electron chi connectivity index (χ0n) is 18.6. The maximum Gasteiger partial charge on any atom is 0.124 e. The van der Waals surface area contributed by atoms with Crippen molar-refractivity contribution < 1.29 is 8.78 Å². The Labute approximate surface area is 187 Å². The van der Waals surface area contributed by atoms with Gasteiger partial charge in [-0.2, -0.15) is 0 Å². The van der Waals surface area contributed by atoms with Gasteiger partial charge < -0.3 is 0 Å². The lowest BCUT2D eigenvalue weighted by atomic mass is 9.76. The van der Waals surface area contributed by atoms with Crippen molar-refractivity contribution >= 4 is 0 Å². The molecular weight excluding hydrogens is 402 g/mol. The van der Waals surface area contributed by atoms with Crippen molar-refractivity contribution in [2.45, 2.75) is 38.5 Å². The second-order valence-corrected chi connectivity index (χ2v) is 9.52. The Bertz CT molecular complexity index is 1250. The molecule has 0 saturated heterocycles.